The number of alkyl halides is 1. The third-order valence-electron chi connectivity index (χ3n) is 5.94. The highest BCUT2D eigenvalue weighted by molar-refractivity contribution is 6.36. The summed E-state index contributed by atoms with van der Waals surface area (Å²) in [6, 6.07) is 8.92. The number of pyridine rings is 3. The maximum absolute atomic E-state index is 13.8. The summed E-state index contributed by atoms with van der Waals surface area (Å²) >= 11 is 6.60. The topological polar surface area (TPSA) is 117 Å². The van der Waals surface area contributed by atoms with Gasteiger partial charge in [0.25, 0.3) is 0 Å². The Hall–Kier alpha value is -4.76. The first-order valence-corrected chi connectivity index (χ1v) is 12.0. The van der Waals surface area contributed by atoms with Crippen molar-refractivity contribution in [1.82, 2.24) is 29.9 Å². The first-order chi connectivity index (χ1) is 18.9. The molecule has 0 bridgehead atoms. The summed E-state index contributed by atoms with van der Waals surface area (Å²) in [5.41, 5.74) is 2.71. The maximum Gasteiger partial charge on any atom is 0.249 e. The molecule has 0 spiro atoms. The van der Waals surface area contributed by atoms with Crippen LogP contribution in [0.3, 0.4) is 0 Å². The summed E-state index contributed by atoms with van der Waals surface area (Å²) in [7, 11) is 0. The third kappa shape index (κ3) is 5.30. The number of nitriles is 1. The number of rotatable bonds is 8. The van der Waals surface area contributed by atoms with Crippen molar-refractivity contribution >= 4 is 39.6 Å². The average molecular weight is 550 g/mol. The van der Waals surface area contributed by atoms with Gasteiger partial charge in [-0.15, -0.1) is 5.10 Å². The summed E-state index contributed by atoms with van der Waals surface area (Å²) in [4.78, 5) is 11.9. The fraction of sp³-hybridized carbons (Fsp3) is 0.154. The molecule has 4 aromatic heterocycles. The Morgan fingerprint density at radius 1 is 1.13 bits per heavy atom. The molecule has 0 fully saturated rings. The molecule has 0 radical (unpaired) electrons. The van der Waals surface area contributed by atoms with Crippen molar-refractivity contribution in [1.29, 1.82) is 5.26 Å². The van der Waals surface area contributed by atoms with Crippen molar-refractivity contribution < 1.29 is 13.2 Å². The van der Waals surface area contributed by atoms with Crippen molar-refractivity contribution in [3.05, 3.63) is 94.9 Å². The van der Waals surface area contributed by atoms with E-state index in [1.54, 1.807) is 43.7 Å². The van der Waals surface area contributed by atoms with E-state index in [4.69, 9.17) is 11.6 Å². The zero-order chi connectivity index (χ0) is 27.5. The van der Waals surface area contributed by atoms with Crippen LogP contribution in [0.1, 0.15) is 35.8 Å². The lowest BCUT2D eigenvalue weighted by Gasteiger charge is -2.20. The summed E-state index contributed by atoms with van der Waals surface area (Å²) in [5.74, 6) is -2.39. The SMILES string of the molecule is CC(CF)n1cc(C(Nc2cc(Cl)c3ncc(C#N)c(Nc4cnc(F)c(F)c4)c3c2)c2cccnc2)nn1. The number of benzene rings is 1. The van der Waals surface area contributed by atoms with E-state index < -0.39 is 30.5 Å². The van der Waals surface area contributed by atoms with Gasteiger partial charge in [0.2, 0.25) is 5.95 Å². The van der Waals surface area contributed by atoms with Crippen LogP contribution < -0.4 is 10.6 Å². The van der Waals surface area contributed by atoms with Gasteiger partial charge in [0.15, 0.2) is 5.82 Å². The standard InChI is InChI=1S/C26H19ClF3N9/c1-14(8-28)39-13-22(37-38-39)24(15-3-2-4-32-10-15)35-17-5-19-23(36-18-7-21(29)26(30)34-12-18)16(9-31)11-33-25(19)20(27)6-17/h2-7,10-14,24,35H,8H2,1H3,(H,33,36). The molecule has 9 nitrogen and oxygen atoms in total. The zero-order valence-electron chi connectivity index (χ0n) is 20.3. The number of fused-ring (bicyclic) bond motifs is 1. The van der Waals surface area contributed by atoms with Crippen molar-refractivity contribution in [2.75, 3.05) is 17.3 Å². The number of anilines is 3. The quantitative estimate of drug-likeness (QED) is 0.230. The fourth-order valence-electron chi connectivity index (χ4n) is 3.95. The molecule has 5 rings (SSSR count). The van der Waals surface area contributed by atoms with E-state index in [9.17, 15) is 18.4 Å². The fourth-order valence-corrected chi connectivity index (χ4v) is 4.21. The van der Waals surface area contributed by atoms with E-state index in [2.05, 4.69) is 35.9 Å². The highest BCUT2D eigenvalue weighted by Crippen LogP contribution is 2.36. The molecular formula is C26H19ClF3N9. The summed E-state index contributed by atoms with van der Waals surface area (Å²) in [6.07, 6.45) is 7.39. The molecule has 0 saturated heterocycles. The Labute approximate surface area is 225 Å². The molecular weight excluding hydrogens is 531 g/mol. The van der Waals surface area contributed by atoms with E-state index in [0.29, 0.717) is 22.3 Å². The smallest absolute Gasteiger partial charge is 0.249 e. The van der Waals surface area contributed by atoms with E-state index in [1.165, 1.54) is 10.9 Å². The number of hydrogen-bond donors (Lipinski definition) is 2. The normalized spacial score (nSPS) is 12.6. The molecule has 5 aromatic rings. The Kier molecular flexibility index (Phi) is 7.25. The highest BCUT2D eigenvalue weighted by Gasteiger charge is 2.21. The predicted molar refractivity (Wildman–Crippen MR) is 139 cm³/mol. The molecule has 0 aliphatic rings. The molecule has 0 amide bonds. The van der Waals surface area contributed by atoms with Gasteiger partial charge in [-0.25, -0.2) is 18.4 Å². The highest BCUT2D eigenvalue weighted by atomic mass is 35.5. The molecule has 39 heavy (non-hydrogen) atoms. The molecule has 0 saturated carbocycles. The second-order valence-electron chi connectivity index (χ2n) is 8.62. The van der Waals surface area contributed by atoms with E-state index in [0.717, 1.165) is 17.8 Å². The first kappa shape index (κ1) is 25.9. The van der Waals surface area contributed by atoms with Crippen LogP contribution in [0.5, 0.6) is 0 Å². The van der Waals surface area contributed by atoms with E-state index in [1.807, 2.05) is 12.1 Å². The molecule has 1 aromatic carbocycles. The van der Waals surface area contributed by atoms with Gasteiger partial charge in [0.05, 0.1) is 52.0 Å². The van der Waals surface area contributed by atoms with Crippen molar-refractivity contribution in [2.24, 2.45) is 0 Å². The molecule has 2 atom stereocenters. The van der Waals surface area contributed by atoms with E-state index in [-0.39, 0.29) is 22.0 Å². The zero-order valence-corrected chi connectivity index (χ0v) is 21.0. The van der Waals surface area contributed by atoms with Gasteiger partial charge < -0.3 is 10.6 Å². The Bertz CT molecular complexity index is 1690. The monoisotopic (exact) mass is 549 g/mol. The lowest BCUT2D eigenvalue weighted by molar-refractivity contribution is 0.351. The number of aromatic nitrogens is 6. The van der Waals surface area contributed by atoms with E-state index >= 15 is 0 Å². The van der Waals surface area contributed by atoms with Gasteiger partial charge >= 0.3 is 0 Å². The Balaban J connectivity index is 1.60. The van der Waals surface area contributed by atoms with Crippen molar-refractivity contribution in [3.63, 3.8) is 0 Å². The maximum atomic E-state index is 13.8. The molecule has 2 unspecified atom stereocenters. The molecule has 0 aliphatic carbocycles. The molecule has 4 heterocycles. The minimum absolute atomic E-state index is 0.124. The molecule has 196 valence electrons. The van der Waals surface area contributed by atoms with Gasteiger partial charge in [0.1, 0.15) is 18.4 Å². The largest absolute Gasteiger partial charge is 0.373 e. The van der Waals surface area contributed by atoms with Crippen LogP contribution in [0.4, 0.5) is 30.2 Å². The van der Waals surface area contributed by atoms with Crippen LogP contribution >= 0.6 is 11.6 Å². The molecule has 0 aliphatic heterocycles. The lowest BCUT2D eigenvalue weighted by Crippen LogP contribution is -2.13. The average Bonchev–Trinajstić information content (AvgIpc) is 3.44. The minimum atomic E-state index is -1.24. The second-order valence-corrected chi connectivity index (χ2v) is 9.03. The lowest BCUT2D eigenvalue weighted by atomic mass is 10.0. The van der Waals surface area contributed by atoms with Crippen LogP contribution in [-0.2, 0) is 0 Å². The van der Waals surface area contributed by atoms with Gasteiger partial charge in [0, 0.05) is 35.7 Å². The molecule has 2 N–H and O–H groups in total. The van der Waals surface area contributed by atoms with Crippen molar-refractivity contribution in [2.45, 2.75) is 19.0 Å². The Morgan fingerprint density at radius 3 is 2.69 bits per heavy atom. The first-order valence-electron chi connectivity index (χ1n) is 11.6. The third-order valence-corrected chi connectivity index (χ3v) is 6.23. The number of nitrogens with zero attached hydrogens (tertiary/aromatic N) is 7. The number of nitrogens with one attached hydrogen (secondary N) is 2. The summed E-state index contributed by atoms with van der Waals surface area (Å²) in [5, 5.41) is 25.0. The second kappa shape index (κ2) is 10.9. The number of halogens is 4. The van der Waals surface area contributed by atoms with Crippen LogP contribution in [0, 0.1) is 23.1 Å². The van der Waals surface area contributed by atoms with Gasteiger partial charge in [-0.2, -0.15) is 9.65 Å². The summed E-state index contributed by atoms with van der Waals surface area (Å²) < 4.78 is 41.9. The minimum Gasteiger partial charge on any atom is -0.373 e. The van der Waals surface area contributed by atoms with Gasteiger partial charge in [-0.1, -0.05) is 22.9 Å². The van der Waals surface area contributed by atoms with Gasteiger partial charge in [-0.05, 0) is 30.7 Å². The molecule has 13 heteroatoms. The predicted octanol–water partition coefficient (Wildman–Crippen LogP) is 5.90. The van der Waals surface area contributed by atoms with Gasteiger partial charge in [-0.3, -0.25) is 9.97 Å². The van der Waals surface area contributed by atoms with Crippen molar-refractivity contribution in [3.8, 4) is 6.07 Å². The van der Waals surface area contributed by atoms with Crippen LogP contribution in [0.2, 0.25) is 5.02 Å². The van der Waals surface area contributed by atoms with Crippen LogP contribution in [-0.4, -0.2) is 36.6 Å². The number of hydrogen-bond acceptors (Lipinski definition) is 8. The summed E-state index contributed by atoms with van der Waals surface area (Å²) in [6.45, 7) is 1.08. The Morgan fingerprint density at radius 2 is 1.97 bits per heavy atom. The van der Waals surface area contributed by atoms with Crippen LogP contribution in [0.15, 0.2) is 61.3 Å². The van der Waals surface area contributed by atoms with Crippen LogP contribution in [0.25, 0.3) is 10.9 Å².